The van der Waals surface area contributed by atoms with Gasteiger partial charge in [0, 0.05) is 31.6 Å². The number of aryl methyl sites for hydroxylation is 3. The molecule has 3 heterocycles. The van der Waals surface area contributed by atoms with E-state index in [-0.39, 0.29) is 23.6 Å². The molecule has 0 aliphatic carbocycles. The lowest BCUT2D eigenvalue weighted by Gasteiger charge is -2.22. The van der Waals surface area contributed by atoms with Crippen LogP contribution in [-0.2, 0) is 13.0 Å². The van der Waals surface area contributed by atoms with Crippen LogP contribution in [0.2, 0.25) is 0 Å². The van der Waals surface area contributed by atoms with E-state index in [9.17, 15) is 9.59 Å². The first kappa shape index (κ1) is 23.7. The number of fused-ring (bicyclic) bond motifs is 1. The van der Waals surface area contributed by atoms with Crippen LogP contribution >= 0.6 is 0 Å². The number of hydrogen-bond donors (Lipinski definition) is 1. The number of aromatic nitrogens is 4. The topological polar surface area (TPSA) is 106 Å². The van der Waals surface area contributed by atoms with Crippen LogP contribution < -0.4 is 5.32 Å². The summed E-state index contributed by atoms with van der Waals surface area (Å²) in [6, 6.07) is 5.56. The van der Waals surface area contributed by atoms with Gasteiger partial charge < -0.3 is 19.2 Å². The highest BCUT2D eigenvalue weighted by atomic mass is 16.3. The van der Waals surface area contributed by atoms with Crippen molar-refractivity contribution in [3.8, 4) is 0 Å². The van der Waals surface area contributed by atoms with Gasteiger partial charge in [0.15, 0.2) is 12.2 Å². The number of nitrogens with one attached hydrogen (secondary N) is 1. The highest BCUT2D eigenvalue weighted by molar-refractivity contribution is 5.95. The molecule has 4 rings (SSSR count). The van der Waals surface area contributed by atoms with Crippen molar-refractivity contribution in [1.82, 2.24) is 30.0 Å². The van der Waals surface area contributed by atoms with E-state index in [1.165, 1.54) is 6.39 Å². The Morgan fingerprint density at radius 1 is 1.06 bits per heavy atom. The molecule has 180 valence electrons. The molecule has 0 unspecified atom stereocenters. The normalized spacial score (nSPS) is 14.6. The average molecular weight is 465 g/mol. The largest absolute Gasteiger partial charge is 0.438 e. The molecule has 1 atom stereocenters. The first-order valence-corrected chi connectivity index (χ1v) is 11.7. The third-order valence-corrected chi connectivity index (χ3v) is 6.09. The predicted octanol–water partition coefficient (Wildman–Crippen LogP) is 3.41. The Hall–Kier alpha value is -3.49. The number of hydrogen-bond acceptors (Lipinski definition) is 6. The fourth-order valence-corrected chi connectivity index (χ4v) is 4.50. The molecule has 1 aromatic carbocycles. The van der Waals surface area contributed by atoms with E-state index in [0.717, 1.165) is 29.2 Å². The van der Waals surface area contributed by atoms with Crippen molar-refractivity contribution in [2.75, 3.05) is 13.1 Å². The molecule has 1 N–H and O–H groups in total. The summed E-state index contributed by atoms with van der Waals surface area (Å²) in [6.07, 6.45) is 2.60. The van der Waals surface area contributed by atoms with Gasteiger partial charge in [-0.1, -0.05) is 31.0 Å². The van der Waals surface area contributed by atoms with Gasteiger partial charge in [-0.15, -0.1) is 10.2 Å². The smallest absolute Gasteiger partial charge is 0.291 e. The van der Waals surface area contributed by atoms with Crippen molar-refractivity contribution in [3.05, 3.63) is 64.4 Å². The number of carbonyl (C=O) groups is 2. The van der Waals surface area contributed by atoms with E-state index in [1.54, 1.807) is 11.8 Å². The molecule has 2 aromatic heterocycles. The molecule has 0 radical (unpaired) electrons. The average Bonchev–Trinajstić information content (AvgIpc) is 3.32. The highest BCUT2D eigenvalue weighted by Crippen LogP contribution is 2.24. The zero-order valence-corrected chi connectivity index (χ0v) is 20.5. The maximum atomic E-state index is 13.1. The molecule has 3 aromatic rings. The Morgan fingerprint density at radius 2 is 1.79 bits per heavy atom. The molecule has 1 aliphatic heterocycles. The first-order valence-electron chi connectivity index (χ1n) is 11.7. The highest BCUT2D eigenvalue weighted by Gasteiger charge is 2.29. The van der Waals surface area contributed by atoms with Gasteiger partial charge in [0.05, 0.1) is 11.7 Å². The van der Waals surface area contributed by atoms with Gasteiger partial charge in [-0.2, -0.15) is 0 Å². The van der Waals surface area contributed by atoms with Crippen LogP contribution in [0, 0.1) is 26.7 Å². The van der Waals surface area contributed by atoms with E-state index < -0.39 is 0 Å². The molecule has 0 bridgehead atoms. The number of oxazole rings is 1. The Labute approximate surface area is 199 Å². The number of nitrogens with zero attached hydrogens (tertiary/aromatic N) is 5. The molecular formula is C25H32N6O3. The number of rotatable bonds is 6. The van der Waals surface area contributed by atoms with Gasteiger partial charge in [-0.3, -0.25) is 9.59 Å². The third kappa shape index (κ3) is 5.03. The zero-order valence-electron chi connectivity index (χ0n) is 20.5. The Balaban J connectivity index is 1.55. The molecule has 0 fully saturated rings. The summed E-state index contributed by atoms with van der Waals surface area (Å²) in [7, 11) is 0. The molecule has 9 heteroatoms. The maximum absolute atomic E-state index is 13.1. The van der Waals surface area contributed by atoms with Crippen molar-refractivity contribution in [1.29, 1.82) is 0 Å². The Kier molecular flexibility index (Phi) is 6.81. The summed E-state index contributed by atoms with van der Waals surface area (Å²) in [6.45, 7) is 11.5. The second kappa shape index (κ2) is 9.79. The fraction of sp³-hybridized carbons (Fsp3) is 0.480. The molecule has 34 heavy (non-hydrogen) atoms. The van der Waals surface area contributed by atoms with E-state index >= 15 is 0 Å². The maximum Gasteiger partial charge on any atom is 0.291 e. The summed E-state index contributed by atoms with van der Waals surface area (Å²) in [4.78, 5) is 31.9. The molecule has 1 aliphatic rings. The van der Waals surface area contributed by atoms with Crippen LogP contribution in [0.15, 0.2) is 29.0 Å². The van der Waals surface area contributed by atoms with Crippen molar-refractivity contribution in [2.45, 2.75) is 60.0 Å². The van der Waals surface area contributed by atoms with Gasteiger partial charge in [-0.05, 0) is 45.2 Å². The van der Waals surface area contributed by atoms with E-state index in [0.29, 0.717) is 43.2 Å². The molecule has 0 spiro atoms. The minimum absolute atomic E-state index is 0.124. The Bertz CT molecular complexity index is 1170. The van der Waals surface area contributed by atoms with Gasteiger partial charge >= 0.3 is 0 Å². The second-order valence-electron chi connectivity index (χ2n) is 9.47. The van der Waals surface area contributed by atoms with Gasteiger partial charge in [0.25, 0.3) is 11.8 Å². The van der Waals surface area contributed by atoms with Crippen LogP contribution in [0.4, 0.5) is 0 Å². The predicted molar refractivity (Wildman–Crippen MR) is 126 cm³/mol. The van der Waals surface area contributed by atoms with Gasteiger partial charge in [-0.25, -0.2) is 4.98 Å². The minimum atomic E-state index is -0.284. The monoisotopic (exact) mass is 464 g/mol. The van der Waals surface area contributed by atoms with Crippen molar-refractivity contribution >= 4 is 11.8 Å². The third-order valence-electron chi connectivity index (χ3n) is 6.09. The van der Waals surface area contributed by atoms with Crippen LogP contribution in [0.3, 0.4) is 0 Å². The van der Waals surface area contributed by atoms with Crippen LogP contribution in [0.5, 0.6) is 0 Å². The van der Waals surface area contributed by atoms with Crippen molar-refractivity contribution < 1.29 is 14.0 Å². The number of amides is 2. The van der Waals surface area contributed by atoms with Crippen LogP contribution in [-0.4, -0.2) is 49.6 Å². The molecule has 9 nitrogen and oxygen atoms in total. The van der Waals surface area contributed by atoms with Gasteiger partial charge in [0.1, 0.15) is 5.82 Å². The lowest BCUT2D eigenvalue weighted by atomic mass is 10.0. The quantitative estimate of drug-likeness (QED) is 0.599. The second-order valence-corrected chi connectivity index (χ2v) is 9.47. The Morgan fingerprint density at radius 3 is 2.44 bits per heavy atom. The summed E-state index contributed by atoms with van der Waals surface area (Å²) >= 11 is 0. The summed E-state index contributed by atoms with van der Waals surface area (Å²) in [5, 5.41) is 12.1. The molecule has 0 saturated heterocycles. The van der Waals surface area contributed by atoms with Crippen LogP contribution in [0.25, 0.3) is 0 Å². The van der Waals surface area contributed by atoms with E-state index in [2.05, 4.69) is 38.9 Å². The number of benzene rings is 1. The summed E-state index contributed by atoms with van der Waals surface area (Å²) in [5.41, 5.74) is 3.32. The standard InChI is InChI=1S/C25H32N6O3/c1-15(2)10-20(27-24(32)19-12-16(3)11-17(4)13-19)23-29-28-21-6-7-30(8-9-31(21)23)25(33)22-18(5)26-14-34-22/h11-15,20H,6-10H2,1-5H3,(H,27,32)/t20-/m1/s1. The molecule has 0 saturated carbocycles. The van der Waals surface area contributed by atoms with Crippen molar-refractivity contribution in [3.63, 3.8) is 0 Å². The van der Waals surface area contributed by atoms with E-state index in [1.807, 2.05) is 32.0 Å². The van der Waals surface area contributed by atoms with Gasteiger partial charge in [0.2, 0.25) is 5.76 Å². The SMILES string of the molecule is Cc1cc(C)cc(C(=O)N[C@H](CC(C)C)c2nnc3n2CCN(C(=O)c2ocnc2C)CC3)c1. The van der Waals surface area contributed by atoms with Crippen LogP contribution in [0.1, 0.15) is 75.7 Å². The lowest BCUT2D eigenvalue weighted by Crippen LogP contribution is -2.35. The minimum Gasteiger partial charge on any atom is -0.438 e. The summed E-state index contributed by atoms with van der Waals surface area (Å²) < 4.78 is 7.35. The zero-order chi connectivity index (χ0) is 24.4. The summed E-state index contributed by atoms with van der Waals surface area (Å²) in [5.74, 6) is 1.87. The molecular weight excluding hydrogens is 432 g/mol. The van der Waals surface area contributed by atoms with Crippen molar-refractivity contribution in [2.24, 2.45) is 5.92 Å². The van der Waals surface area contributed by atoms with E-state index in [4.69, 9.17) is 4.42 Å². The number of carbonyl (C=O) groups excluding carboxylic acids is 2. The first-order chi connectivity index (χ1) is 16.2. The fourth-order valence-electron chi connectivity index (χ4n) is 4.50. The molecule has 2 amide bonds. The lowest BCUT2D eigenvalue weighted by molar-refractivity contribution is 0.0725.